The van der Waals surface area contributed by atoms with Gasteiger partial charge in [-0.3, -0.25) is 0 Å². The van der Waals surface area contributed by atoms with Crippen LogP contribution in [0.15, 0.2) is 29.2 Å². The smallest absolute Gasteiger partial charge is 0.460 e. The van der Waals surface area contributed by atoms with Crippen molar-refractivity contribution >= 4 is 20.4 Å². The third-order valence-electron chi connectivity index (χ3n) is 3.09. The van der Waals surface area contributed by atoms with E-state index in [1.807, 2.05) is 0 Å². The van der Waals surface area contributed by atoms with Gasteiger partial charge >= 0.3 is 33.4 Å². The van der Waals surface area contributed by atoms with Gasteiger partial charge in [-0.2, -0.15) is 47.9 Å². The maximum atomic E-state index is 13.6. The van der Waals surface area contributed by atoms with Crippen LogP contribution in [0.3, 0.4) is 0 Å². The molecule has 0 aliphatic carbocycles. The molecule has 1 N–H and O–H groups in total. The number of aromatic hydroxyl groups is 1. The number of phenols is 1. The summed E-state index contributed by atoms with van der Waals surface area (Å²) in [5, 5.41) is 2.18. The molecule has 0 unspecified atom stereocenters. The van der Waals surface area contributed by atoms with E-state index in [9.17, 15) is 47.9 Å². The Kier molecular flexibility index (Phi) is 5.80. The van der Waals surface area contributed by atoms with E-state index in [4.69, 9.17) is 5.11 Å². The zero-order chi connectivity index (χ0) is 21.7. The number of rotatable bonds is 6. The highest BCUT2D eigenvalue weighted by atomic mass is 32.3. The molecule has 0 atom stereocenters. The molecule has 0 fully saturated rings. The second kappa shape index (κ2) is 6.62. The minimum atomic E-state index is -7.36. The van der Waals surface area contributed by atoms with Crippen LogP contribution >= 0.6 is 10.3 Å². The van der Waals surface area contributed by atoms with Crippen molar-refractivity contribution in [3.8, 4) is 5.75 Å². The predicted octanol–water partition coefficient (Wildman–Crippen LogP) is 4.50. The van der Waals surface area contributed by atoms with Gasteiger partial charge in [0.25, 0.3) is 0 Å². The van der Waals surface area contributed by atoms with Gasteiger partial charge in [0.1, 0.15) is 5.75 Å². The molecule has 0 aliphatic heterocycles. The summed E-state index contributed by atoms with van der Waals surface area (Å²) in [5.41, 5.74) is 0. The number of alkyl halides is 9. The van der Waals surface area contributed by atoms with Crippen LogP contribution in [0.1, 0.15) is 0 Å². The quantitative estimate of drug-likeness (QED) is 0.643. The van der Waals surface area contributed by atoms with Crippen LogP contribution in [-0.2, 0) is 13.7 Å². The highest BCUT2D eigenvalue weighted by Crippen LogP contribution is 2.59. The molecule has 158 valence electrons. The molecule has 0 spiro atoms. The van der Waals surface area contributed by atoms with Crippen molar-refractivity contribution in [1.82, 2.24) is 0 Å². The van der Waals surface area contributed by atoms with Crippen molar-refractivity contribution in [3.63, 3.8) is 0 Å². The molecule has 1 aromatic carbocycles. The first-order chi connectivity index (χ1) is 11.7. The SMILES string of the molecule is CS(C)(OS(=O)(=O)C(F)(F)C(F)(F)C(F)(F)C(F)(F)F)c1ccc(O)cc1. The van der Waals surface area contributed by atoms with Crippen LogP contribution in [0.4, 0.5) is 39.5 Å². The lowest BCUT2D eigenvalue weighted by Crippen LogP contribution is -2.63. The van der Waals surface area contributed by atoms with E-state index in [2.05, 4.69) is 3.63 Å². The van der Waals surface area contributed by atoms with Crippen LogP contribution < -0.4 is 0 Å². The molecule has 0 radical (unpaired) electrons. The van der Waals surface area contributed by atoms with Crippen LogP contribution in [0.2, 0.25) is 0 Å². The molecule has 0 saturated heterocycles. The molecule has 27 heavy (non-hydrogen) atoms. The van der Waals surface area contributed by atoms with E-state index in [1.54, 1.807) is 0 Å². The van der Waals surface area contributed by atoms with Gasteiger partial charge in [-0.1, -0.05) is 10.3 Å². The zero-order valence-electron chi connectivity index (χ0n) is 13.2. The van der Waals surface area contributed by atoms with Crippen LogP contribution in [0, 0.1) is 0 Å². The van der Waals surface area contributed by atoms with Crippen molar-refractivity contribution in [3.05, 3.63) is 24.3 Å². The Morgan fingerprint density at radius 1 is 0.815 bits per heavy atom. The first-order valence-electron chi connectivity index (χ1n) is 6.39. The molecule has 1 aromatic rings. The number of hydrogen-bond acceptors (Lipinski definition) is 4. The first kappa shape index (κ1) is 23.7. The van der Waals surface area contributed by atoms with Crippen LogP contribution in [-0.4, -0.2) is 49.3 Å². The average molecular weight is 454 g/mol. The van der Waals surface area contributed by atoms with Gasteiger partial charge in [-0.25, -0.2) is 3.63 Å². The van der Waals surface area contributed by atoms with Crippen molar-refractivity contribution in [2.75, 3.05) is 12.5 Å². The Morgan fingerprint density at radius 3 is 1.59 bits per heavy atom. The lowest BCUT2D eigenvalue weighted by Gasteiger charge is -2.36. The maximum Gasteiger partial charge on any atom is 0.460 e. The van der Waals surface area contributed by atoms with E-state index < -0.39 is 43.7 Å². The van der Waals surface area contributed by atoms with Gasteiger partial charge in [0.2, 0.25) is 0 Å². The zero-order valence-corrected chi connectivity index (χ0v) is 14.8. The largest absolute Gasteiger partial charge is 0.508 e. The van der Waals surface area contributed by atoms with Crippen molar-refractivity contribution in [2.45, 2.75) is 28.2 Å². The summed E-state index contributed by atoms with van der Waals surface area (Å²) in [6.45, 7) is 0. The molecule has 0 heterocycles. The van der Waals surface area contributed by atoms with Crippen molar-refractivity contribution in [2.24, 2.45) is 0 Å². The molecule has 15 heteroatoms. The van der Waals surface area contributed by atoms with Gasteiger partial charge in [-0.05, 0) is 36.8 Å². The third kappa shape index (κ3) is 3.94. The number of phenolic OH excluding ortho intramolecular Hbond substituents is 1. The average Bonchev–Trinajstić information content (AvgIpc) is 2.44. The van der Waals surface area contributed by atoms with Crippen LogP contribution in [0.5, 0.6) is 5.75 Å². The Labute approximate surface area is 148 Å². The fraction of sp³-hybridized carbons (Fsp3) is 0.500. The Morgan fingerprint density at radius 2 is 1.22 bits per heavy atom. The third-order valence-corrected chi connectivity index (χ3v) is 7.46. The summed E-state index contributed by atoms with van der Waals surface area (Å²) in [6, 6.07) is 3.82. The summed E-state index contributed by atoms with van der Waals surface area (Å²) >= 11 is 0. The predicted molar refractivity (Wildman–Crippen MR) is 76.7 cm³/mol. The minimum Gasteiger partial charge on any atom is -0.508 e. The lowest BCUT2D eigenvalue weighted by molar-refractivity contribution is -0.382. The standard InChI is InChI=1S/C12H11F9O4S2/c1-26(2,8-5-3-7(22)4-6-8)25-27(23,24)12(20,21)10(15,16)9(13,14)11(17,18)19/h3-6,22H,1-2H3. The summed E-state index contributed by atoms with van der Waals surface area (Å²) in [7, 11) is -10.4. The fourth-order valence-electron chi connectivity index (χ4n) is 1.60. The molecular weight excluding hydrogens is 443 g/mol. The lowest BCUT2D eigenvalue weighted by atomic mass is 10.1. The molecule has 1 rings (SSSR count). The molecule has 0 saturated carbocycles. The maximum absolute atomic E-state index is 13.6. The number of benzene rings is 1. The number of halogens is 9. The second-order valence-corrected chi connectivity index (χ2v) is 10.3. The molecule has 4 nitrogen and oxygen atoms in total. The van der Waals surface area contributed by atoms with Gasteiger partial charge in [0.15, 0.2) is 0 Å². The Hall–Kier alpha value is -1.35. The number of hydrogen-bond donors (Lipinski definition) is 1. The van der Waals surface area contributed by atoms with Gasteiger partial charge in [0, 0.05) is 4.90 Å². The van der Waals surface area contributed by atoms with E-state index >= 15 is 0 Å². The Balaban J connectivity index is 3.38. The summed E-state index contributed by atoms with van der Waals surface area (Å²) < 4.78 is 143. The summed E-state index contributed by atoms with van der Waals surface area (Å²) in [6.07, 6.45) is -5.51. The topological polar surface area (TPSA) is 63.6 Å². The van der Waals surface area contributed by atoms with Gasteiger partial charge in [0.05, 0.1) is 0 Å². The van der Waals surface area contributed by atoms with Gasteiger partial charge in [-0.15, -0.1) is 0 Å². The fourth-order valence-corrected chi connectivity index (χ4v) is 5.28. The molecule has 0 aliphatic rings. The van der Waals surface area contributed by atoms with E-state index in [-0.39, 0.29) is 10.6 Å². The minimum absolute atomic E-state index is 0.217. The molecule has 0 bridgehead atoms. The Bertz CT molecular complexity index is 786. The summed E-state index contributed by atoms with van der Waals surface area (Å²) in [5.74, 6) is -15.1. The highest BCUT2D eigenvalue weighted by Gasteiger charge is 2.86. The van der Waals surface area contributed by atoms with E-state index in [0.29, 0.717) is 0 Å². The monoisotopic (exact) mass is 454 g/mol. The normalized spacial score (nSPS) is 15.7. The second-order valence-electron chi connectivity index (χ2n) is 5.41. The molecular formula is C12H11F9O4S2. The first-order valence-corrected chi connectivity index (χ1v) is 10.2. The van der Waals surface area contributed by atoms with Gasteiger partial charge < -0.3 is 5.11 Å². The summed E-state index contributed by atoms with van der Waals surface area (Å²) in [4.78, 5) is -0.217. The highest BCUT2D eigenvalue weighted by molar-refractivity contribution is 8.32. The molecule has 0 aromatic heterocycles. The van der Waals surface area contributed by atoms with E-state index in [0.717, 1.165) is 36.8 Å². The van der Waals surface area contributed by atoms with Crippen molar-refractivity contribution in [1.29, 1.82) is 0 Å². The van der Waals surface area contributed by atoms with Crippen molar-refractivity contribution < 1.29 is 56.7 Å². The van der Waals surface area contributed by atoms with E-state index in [1.165, 1.54) is 0 Å². The van der Waals surface area contributed by atoms with Crippen LogP contribution in [0.25, 0.3) is 0 Å². The molecule has 0 amide bonds.